The van der Waals surface area contributed by atoms with Gasteiger partial charge in [0.15, 0.2) is 0 Å². The summed E-state index contributed by atoms with van der Waals surface area (Å²) < 4.78 is 8.34. The molecule has 1 nitrogen and oxygen atoms in total. The second-order valence-corrected chi connectivity index (χ2v) is 0. The first-order chi connectivity index (χ1) is 1.00. The Morgan fingerprint density at radius 2 is 1.25 bits per heavy atom. The van der Waals surface area contributed by atoms with E-state index in [4.69, 9.17) is 3.08 Å². The summed E-state index contributed by atoms with van der Waals surface area (Å²) in [6.45, 7) is 0. The third-order valence-electron chi connectivity index (χ3n) is 0. The first kappa shape index (κ1) is 16.4. The van der Waals surface area contributed by atoms with Gasteiger partial charge in [-0.25, -0.2) is 0 Å². The summed E-state index contributed by atoms with van der Waals surface area (Å²) in [6, 6.07) is 0. The molecular weight excluding hydrogens is 433 g/mol. The Bertz CT molecular complexity index is 8.00. The summed E-state index contributed by atoms with van der Waals surface area (Å²) in [5, 5.41) is 0. The molecule has 0 aliphatic heterocycles. The second-order valence-electron chi connectivity index (χ2n) is 0. The molecule has 4 heavy (non-hydrogen) atoms. The summed E-state index contributed by atoms with van der Waals surface area (Å²) in [5.41, 5.74) is 0. The third-order valence-corrected chi connectivity index (χ3v) is 0. The van der Waals surface area contributed by atoms with E-state index in [1.807, 2.05) is 0 Å². The summed E-state index contributed by atoms with van der Waals surface area (Å²) in [6.07, 6.45) is 0. The fraction of sp³-hybridized carbons (Fsp3) is 0. The van der Waals surface area contributed by atoms with Crippen molar-refractivity contribution in [3.8, 4) is 0 Å². The molecule has 0 saturated carbocycles. The molecule has 0 amide bonds. The van der Waals surface area contributed by atoms with Gasteiger partial charge >= 0.3 is 25.6 Å². The van der Waals surface area contributed by atoms with E-state index >= 15 is 0 Å². The molecule has 0 spiro atoms. The number of hydrogen-bond acceptors (Lipinski definition) is 1. The van der Waals surface area contributed by atoms with Crippen LogP contribution in [0.2, 0.25) is 0 Å². The van der Waals surface area contributed by atoms with Crippen LogP contribution in [0, 0.1) is 0 Å². The molecule has 0 aromatic heterocycles. The van der Waals surface area contributed by atoms with Gasteiger partial charge in [0.05, 0.1) is 0 Å². The van der Waals surface area contributed by atoms with E-state index in [-0.39, 0.29) is 46.9 Å². The van der Waals surface area contributed by atoms with Crippen molar-refractivity contribution in [1.29, 1.82) is 0 Å². The van der Waals surface area contributed by atoms with E-state index in [9.17, 15) is 0 Å². The molecule has 0 fully saturated rings. The molecule has 19 valence electrons. The normalized spacial score (nSPS) is 1.00. The molecule has 0 atom stereocenters. The summed E-state index contributed by atoms with van der Waals surface area (Å²) >= 11 is 0.300. The van der Waals surface area contributed by atoms with Crippen LogP contribution in [0.15, 0.2) is 0 Å². The summed E-state index contributed by atoms with van der Waals surface area (Å²) in [5.74, 6) is 0. The van der Waals surface area contributed by atoms with E-state index in [0.29, 0.717) is 22.5 Å². The minimum absolute atomic E-state index is 0. The maximum absolute atomic E-state index is 8.34. The van der Waals surface area contributed by atoms with E-state index in [1.54, 1.807) is 0 Å². The van der Waals surface area contributed by atoms with Crippen LogP contribution in [0.25, 0.3) is 0 Å². The van der Waals surface area contributed by atoms with Gasteiger partial charge < -0.3 is 0 Å². The maximum Gasteiger partial charge on any atom is 0 e. The van der Waals surface area contributed by atoms with Crippen molar-refractivity contribution in [2.75, 3.05) is 0 Å². The zero-order valence-electron chi connectivity index (χ0n) is 1.89. The fourth-order valence-corrected chi connectivity index (χ4v) is 0. The van der Waals surface area contributed by atoms with Crippen molar-refractivity contribution in [2.24, 2.45) is 0 Å². The van der Waals surface area contributed by atoms with Crippen LogP contribution >= 0.6 is 0 Å². The predicted octanol–water partition coefficient (Wildman–Crippen LogP) is -0.883. The Morgan fingerprint density at radius 1 is 1.25 bits per heavy atom. The van der Waals surface area contributed by atoms with Gasteiger partial charge in [0.1, 0.15) is 0 Å². The van der Waals surface area contributed by atoms with Crippen molar-refractivity contribution >= 4 is 48.4 Å². The Hall–Kier alpha value is 2.16. The third kappa shape index (κ3) is 8.90. The topological polar surface area (TPSA) is 17.1 Å². The van der Waals surface area contributed by atoms with Gasteiger partial charge in [-0.15, -0.1) is 0 Å². The van der Waals surface area contributed by atoms with E-state index in [0.717, 1.165) is 0 Å². The fourth-order valence-electron chi connectivity index (χ4n) is 0. The maximum atomic E-state index is 8.34. The van der Waals surface area contributed by atoms with Gasteiger partial charge in [0.2, 0.25) is 0 Å². The predicted molar refractivity (Wildman–Crippen MR) is 12.2 cm³/mol. The van der Waals surface area contributed by atoms with Crippen LogP contribution in [0.5, 0.6) is 0 Å². The summed E-state index contributed by atoms with van der Waals surface area (Å²) in [7, 11) is 0. The quantitative estimate of drug-likeness (QED) is 0.454. The smallest absolute Gasteiger partial charge is 0 e. The molecular formula is InOSnW. The molecule has 0 unspecified atom stereocenters. The average Bonchev–Trinajstić information content (AvgIpc) is 1.00. The number of rotatable bonds is 0. The van der Waals surface area contributed by atoms with Crippen LogP contribution in [-0.4, -0.2) is 48.4 Å². The zero-order valence-corrected chi connectivity index (χ0v) is 11.0. The molecule has 0 N–H and O–H groups in total. The van der Waals surface area contributed by atoms with Gasteiger partial charge in [-0.2, -0.15) is 0 Å². The van der Waals surface area contributed by atoms with Crippen molar-refractivity contribution in [3.05, 3.63) is 0 Å². The minimum Gasteiger partial charge on any atom is 0 e. The van der Waals surface area contributed by atoms with Crippen LogP contribution < -0.4 is 0 Å². The van der Waals surface area contributed by atoms with E-state index < -0.39 is 0 Å². The molecule has 0 aliphatic rings. The molecule has 0 heterocycles. The van der Waals surface area contributed by atoms with Crippen molar-refractivity contribution in [2.45, 2.75) is 0 Å². The molecule has 5 radical (unpaired) electrons. The Morgan fingerprint density at radius 3 is 1.25 bits per heavy atom. The standard InChI is InChI=1S/In.O.Sn.W. The Balaban J connectivity index is -0.00000000500. The SMILES string of the molecule is [In].[O]=[Sn].[W]. The van der Waals surface area contributed by atoms with Gasteiger partial charge in [-0.3, -0.25) is 0 Å². The average molecular weight is 433 g/mol. The molecule has 0 bridgehead atoms. The van der Waals surface area contributed by atoms with Gasteiger partial charge in [0.25, 0.3) is 0 Å². The van der Waals surface area contributed by atoms with Gasteiger partial charge in [0, 0.05) is 46.9 Å². The monoisotopic (exact) mass is 435 g/mol. The first-order valence-electron chi connectivity index (χ1n) is 0.204. The Labute approximate surface area is 71.4 Å². The first-order valence-corrected chi connectivity index (χ1v) is 1.37. The van der Waals surface area contributed by atoms with Crippen LogP contribution in [0.4, 0.5) is 0 Å². The van der Waals surface area contributed by atoms with Crippen molar-refractivity contribution < 1.29 is 24.1 Å². The largest absolute Gasteiger partial charge is 0 e. The van der Waals surface area contributed by atoms with E-state index in [2.05, 4.69) is 0 Å². The van der Waals surface area contributed by atoms with Crippen LogP contribution in [-0.2, 0) is 24.1 Å². The minimum atomic E-state index is 0. The molecule has 0 rings (SSSR count). The van der Waals surface area contributed by atoms with Crippen LogP contribution in [0.1, 0.15) is 0 Å². The second kappa shape index (κ2) is 19.2. The zero-order chi connectivity index (χ0) is 2.00. The van der Waals surface area contributed by atoms with Gasteiger partial charge in [-0.1, -0.05) is 0 Å². The van der Waals surface area contributed by atoms with Gasteiger partial charge in [-0.05, 0) is 0 Å². The molecule has 0 saturated heterocycles. The summed E-state index contributed by atoms with van der Waals surface area (Å²) in [4.78, 5) is 0. The molecule has 0 aromatic carbocycles. The molecule has 0 aliphatic carbocycles. The van der Waals surface area contributed by atoms with Crippen LogP contribution in [0.3, 0.4) is 0 Å². The van der Waals surface area contributed by atoms with Crippen molar-refractivity contribution in [3.63, 3.8) is 0 Å². The molecule has 4 heteroatoms. The molecule has 0 aromatic rings. The Kier molecular flexibility index (Phi) is 78.7. The van der Waals surface area contributed by atoms with Crippen molar-refractivity contribution in [1.82, 2.24) is 0 Å². The van der Waals surface area contributed by atoms with E-state index in [1.165, 1.54) is 0 Å². The number of hydrogen-bond donors (Lipinski definition) is 0.